The van der Waals surface area contributed by atoms with Crippen LogP contribution in [0.1, 0.15) is 46.5 Å². The molecule has 0 aromatic rings. The Morgan fingerprint density at radius 1 is 1.28 bits per heavy atom. The first kappa shape index (κ1) is 14.3. The Hall–Kier alpha value is -0.120. The van der Waals surface area contributed by atoms with Crippen molar-refractivity contribution in [2.75, 3.05) is 32.8 Å². The largest absolute Gasteiger partial charge is 0.376 e. The molecule has 0 aromatic carbocycles. The van der Waals surface area contributed by atoms with Crippen molar-refractivity contribution in [3.05, 3.63) is 0 Å². The van der Waals surface area contributed by atoms with Gasteiger partial charge < -0.3 is 10.1 Å². The molecule has 2 heterocycles. The molecule has 1 N–H and O–H groups in total. The van der Waals surface area contributed by atoms with Crippen LogP contribution in [0.4, 0.5) is 0 Å². The molecule has 18 heavy (non-hydrogen) atoms. The van der Waals surface area contributed by atoms with Crippen LogP contribution in [0.2, 0.25) is 0 Å². The van der Waals surface area contributed by atoms with Gasteiger partial charge in [-0.3, -0.25) is 4.90 Å². The molecule has 3 heteroatoms. The van der Waals surface area contributed by atoms with Crippen LogP contribution >= 0.6 is 0 Å². The van der Waals surface area contributed by atoms with Crippen molar-refractivity contribution >= 4 is 0 Å². The van der Waals surface area contributed by atoms with Gasteiger partial charge in [0.05, 0.1) is 12.7 Å². The van der Waals surface area contributed by atoms with Crippen molar-refractivity contribution in [1.29, 1.82) is 0 Å². The molecule has 2 aliphatic heterocycles. The van der Waals surface area contributed by atoms with E-state index in [4.69, 9.17) is 4.74 Å². The highest BCUT2D eigenvalue weighted by atomic mass is 16.5. The summed E-state index contributed by atoms with van der Waals surface area (Å²) >= 11 is 0. The van der Waals surface area contributed by atoms with Crippen molar-refractivity contribution in [2.24, 2.45) is 5.41 Å². The number of piperidine rings is 1. The van der Waals surface area contributed by atoms with Gasteiger partial charge in [0.25, 0.3) is 0 Å². The van der Waals surface area contributed by atoms with E-state index >= 15 is 0 Å². The van der Waals surface area contributed by atoms with Gasteiger partial charge in [0.2, 0.25) is 0 Å². The summed E-state index contributed by atoms with van der Waals surface area (Å²) in [6.07, 6.45) is 5.61. The normalized spacial score (nSPS) is 33.5. The fraction of sp³-hybridized carbons (Fsp3) is 1.00. The molecule has 2 unspecified atom stereocenters. The number of nitrogens with zero attached hydrogens (tertiary/aromatic N) is 1. The van der Waals surface area contributed by atoms with Gasteiger partial charge in [0.1, 0.15) is 0 Å². The van der Waals surface area contributed by atoms with Crippen molar-refractivity contribution in [3.8, 4) is 0 Å². The smallest absolute Gasteiger partial charge is 0.0674 e. The van der Waals surface area contributed by atoms with Crippen LogP contribution in [0, 0.1) is 5.41 Å². The minimum absolute atomic E-state index is 0.406. The van der Waals surface area contributed by atoms with E-state index in [0.29, 0.717) is 17.6 Å². The summed E-state index contributed by atoms with van der Waals surface area (Å²) in [5.41, 5.74) is 0.551. The van der Waals surface area contributed by atoms with Crippen molar-refractivity contribution in [1.82, 2.24) is 10.2 Å². The third kappa shape index (κ3) is 3.25. The molecule has 3 nitrogen and oxygen atoms in total. The molecular formula is C15H30N2O. The number of hydrogen-bond acceptors (Lipinski definition) is 3. The minimum atomic E-state index is 0.406. The van der Waals surface area contributed by atoms with Crippen molar-refractivity contribution in [2.45, 2.75) is 58.6 Å². The standard InChI is InChI=1S/C15H30N2O/c1-4-14-11-18-13(3)10-17(14)12-15(5-2)6-8-16-9-7-15/h13-14,16H,4-12H2,1-3H3. The number of ether oxygens (including phenoxy) is 1. The van der Waals surface area contributed by atoms with Gasteiger partial charge in [-0.1, -0.05) is 13.8 Å². The second-order valence-electron chi connectivity index (χ2n) is 6.24. The molecule has 0 amide bonds. The number of morpholine rings is 1. The molecule has 0 aromatic heterocycles. The summed E-state index contributed by atoms with van der Waals surface area (Å²) in [5.74, 6) is 0. The van der Waals surface area contributed by atoms with Crippen LogP contribution in [0.25, 0.3) is 0 Å². The fourth-order valence-corrected chi connectivity index (χ4v) is 3.49. The minimum Gasteiger partial charge on any atom is -0.376 e. The molecule has 0 bridgehead atoms. The van der Waals surface area contributed by atoms with E-state index in [9.17, 15) is 0 Å². The van der Waals surface area contributed by atoms with Crippen LogP contribution in [-0.4, -0.2) is 49.8 Å². The van der Waals surface area contributed by atoms with Crippen LogP contribution < -0.4 is 5.32 Å². The SMILES string of the molecule is CCC1COC(C)CN1CC1(CC)CCNCC1. The van der Waals surface area contributed by atoms with Gasteiger partial charge in [0.15, 0.2) is 0 Å². The predicted molar refractivity (Wildman–Crippen MR) is 75.9 cm³/mol. The average Bonchev–Trinajstić information content (AvgIpc) is 2.40. The second-order valence-corrected chi connectivity index (χ2v) is 6.24. The topological polar surface area (TPSA) is 24.5 Å². The molecule has 0 spiro atoms. The van der Waals surface area contributed by atoms with Crippen molar-refractivity contribution in [3.63, 3.8) is 0 Å². The van der Waals surface area contributed by atoms with Gasteiger partial charge in [-0.25, -0.2) is 0 Å². The molecule has 2 fully saturated rings. The molecular weight excluding hydrogens is 224 g/mol. The first-order valence-electron chi connectivity index (χ1n) is 7.75. The van der Waals surface area contributed by atoms with E-state index in [-0.39, 0.29) is 0 Å². The van der Waals surface area contributed by atoms with Gasteiger partial charge in [-0.2, -0.15) is 0 Å². The Labute approximate surface area is 112 Å². The van der Waals surface area contributed by atoms with Gasteiger partial charge in [-0.05, 0) is 51.1 Å². The van der Waals surface area contributed by atoms with Gasteiger partial charge >= 0.3 is 0 Å². The zero-order valence-corrected chi connectivity index (χ0v) is 12.4. The van der Waals surface area contributed by atoms with Crippen LogP contribution in [0.5, 0.6) is 0 Å². The molecule has 0 saturated carbocycles. The average molecular weight is 254 g/mol. The zero-order valence-electron chi connectivity index (χ0n) is 12.4. The maximum atomic E-state index is 5.81. The van der Waals surface area contributed by atoms with E-state index in [2.05, 4.69) is 31.0 Å². The molecule has 106 valence electrons. The summed E-state index contributed by atoms with van der Waals surface area (Å²) in [7, 11) is 0. The lowest BCUT2D eigenvalue weighted by Crippen LogP contribution is -2.54. The molecule has 0 aliphatic carbocycles. The lowest BCUT2D eigenvalue weighted by Gasteiger charge is -2.46. The monoisotopic (exact) mass is 254 g/mol. The summed E-state index contributed by atoms with van der Waals surface area (Å²) < 4.78 is 5.81. The molecule has 2 aliphatic rings. The maximum Gasteiger partial charge on any atom is 0.0674 e. The first-order valence-corrected chi connectivity index (χ1v) is 7.75. The fourth-order valence-electron chi connectivity index (χ4n) is 3.49. The van der Waals surface area contributed by atoms with Crippen LogP contribution in [0.15, 0.2) is 0 Å². The second kappa shape index (κ2) is 6.36. The Balaban J connectivity index is 1.99. The lowest BCUT2D eigenvalue weighted by molar-refractivity contribution is -0.0729. The van der Waals surface area contributed by atoms with Crippen LogP contribution in [-0.2, 0) is 4.74 Å². The third-order valence-corrected chi connectivity index (χ3v) is 5.01. The Kier molecular flexibility index (Phi) is 5.05. The summed E-state index contributed by atoms with van der Waals surface area (Å²) in [4.78, 5) is 2.71. The molecule has 2 atom stereocenters. The van der Waals surface area contributed by atoms with E-state index in [1.54, 1.807) is 0 Å². The molecule has 2 saturated heterocycles. The quantitative estimate of drug-likeness (QED) is 0.833. The van der Waals surface area contributed by atoms with Crippen LogP contribution in [0.3, 0.4) is 0 Å². The number of nitrogens with one attached hydrogen (secondary N) is 1. The number of rotatable bonds is 4. The highest BCUT2D eigenvalue weighted by Gasteiger charge is 2.35. The van der Waals surface area contributed by atoms with Gasteiger partial charge in [0, 0.05) is 19.1 Å². The zero-order chi connectivity index (χ0) is 13.0. The third-order valence-electron chi connectivity index (χ3n) is 5.01. The highest BCUT2D eigenvalue weighted by molar-refractivity contribution is 4.89. The first-order chi connectivity index (χ1) is 8.69. The summed E-state index contributed by atoms with van der Waals surface area (Å²) in [5, 5.41) is 3.50. The van der Waals surface area contributed by atoms with Crippen molar-refractivity contribution < 1.29 is 4.74 Å². The Bertz CT molecular complexity index is 251. The van der Waals surface area contributed by atoms with E-state index in [0.717, 1.165) is 13.2 Å². The summed E-state index contributed by atoms with van der Waals surface area (Å²) in [6.45, 7) is 12.6. The number of hydrogen-bond donors (Lipinski definition) is 1. The predicted octanol–water partition coefficient (Wildman–Crippen LogP) is 2.27. The molecule has 0 radical (unpaired) electrons. The van der Waals surface area contributed by atoms with E-state index in [1.807, 2.05) is 0 Å². The summed E-state index contributed by atoms with van der Waals surface area (Å²) in [6, 6.07) is 0.638. The Morgan fingerprint density at radius 2 is 2.00 bits per heavy atom. The van der Waals surface area contributed by atoms with E-state index in [1.165, 1.54) is 45.3 Å². The lowest BCUT2D eigenvalue weighted by atomic mass is 9.76. The molecule has 2 rings (SSSR count). The highest BCUT2D eigenvalue weighted by Crippen LogP contribution is 2.35. The van der Waals surface area contributed by atoms with Gasteiger partial charge in [-0.15, -0.1) is 0 Å². The maximum absolute atomic E-state index is 5.81. The van der Waals surface area contributed by atoms with E-state index < -0.39 is 0 Å². The Morgan fingerprint density at radius 3 is 2.61 bits per heavy atom.